The Morgan fingerprint density at radius 3 is 2.48 bits per heavy atom. The fourth-order valence-corrected chi connectivity index (χ4v) is 3.37. The molecule has 168 valence electrons. The number of hydrazine groups is 1. The van der Waals surface area contributed by atoms with E-state index >= 15 is 0 Å². The number of cyclic esters (lactones) is 1. The molecule has 1 saturated heterocycles. The summed E-state index contributed by atoms with van der Waals surface area (Å²) in [5.41, 5.74) is 4.18. The van der Waals surface area contributed by atoms with Crippen molar-refractivity contribution in [1.82, 2.24) is 15.8 Å². The number of nitrogens with one attached hydrogen (secondary N) is 2. The lowest BCUT2D eigenvalue weighted by Gasteiger charge is -2.15. The number of thioether (sulfide) groups is 1. The van der Waals surface area contributed by atoms with Gasteiger partial charge in [0.05, 0.1) is 18.8 Å². The monoisotopic (exact) mass is 448 g/mol. The van der Waals surface area contributed by atoms with Crippen molar-refractivity contribution in [1.29, 1.82) is 0 Å². The zero-order valence-electron chi connectivity index (χ0n) is 18.4. The van der Waals surface area contributed by atoms with Crippen LogP contribution in [0.3, 0.4) is 0 Å². The molecule has 31 heavy (non-hydrogen) atoms. The van der Waals surface area contributed by atoms with Crippen LogP contribution in [0.15, 0.2) is 47.4 Å². The van der Waals surface area contributed by atoms with Gasteiger partial charge in [-0.1, -0.05) is 26.0 Å². The molecular formula is C22H29FN4O3S. The third kappa shape index (κ3) is 6.60. The van der Waals surface area contributed by atoms with Crippen molar-refractivity contribution in [3.05, 3.63) is 48.3 Å². The van der Waals surface area contributed by atoms with Crippen molar-refractivity contribution in [2.45, 2.75) is 24.8 Å². The largest absolute Gasteiger partial charge is 0.442 e. The molecule has 0 bridgehead atoms. The van der Waals surface area contributed by atoms with Gasteiger partial charge in [-0.3, -0.25) is 10.3 Å². The molecule has 2 aromatic rings. The quantitative estimate of drug-likeness (QED) is 0.508. The van der Waals surface area contributed by atoms with Crippen LogP contribution in [0.2, 0.25) is 0 Å². The lowest BCUT2D eigenvalue weighted by atomic mass is 10.0. The van der Waals surface area contributed by atoms with E-state index in [1.807, 2.05) is 44.4 Å². The summed E-state index contributed by atoms with van der Waals surface area (Å²) in [6.45, 7) is 4.38. The van der Waals surface area contributed by atoms with Gasteiger partial charge in [-0.25, -0.2) is 19.0 Å². The van der Waals surface area contributed by atoms with E-state index in [4.69, 9.17) is 4.74 Å². The first-order chi connectivity index (χ1) is 14.9. The molecule has 0 aromatic heterocycles. The van der Waals surface area contributed by atoms with Gasteiger partial charge in [0.1, 0.15) is 11.9 Å². The van der Waals surface area contributed by atoms with Gasteiger partial charge in [-0.15, -0.1) is 11.8 Å². The molecule has 1 fully saturated rings. The van der Waals surface area contributed by atoms with Gasteiger partial charge < -0.3 is 10.1 Å². The van der Waals surface area contributed by atoms with Gasteiger partial charge in [-0.05, 0) is 42.2 Å². The third-order valence-corrected chi connectivity index (χ3v) is 5.10. The van der Waals surface area contributed by atoms with Crippen molar-refractivity contribution < 1.29 is 18.7 Å². The van der Waals surface area contributed by atoms with Gasteiger partial charge in [0.25, 0.3) is 0 Å². The van der Waals surface area contributed by atoms with Gasteiger partial charge >= 0.3 is 12.1 Å². The van der Waals surface area contributed by atoms with Crippen molar-refractivity contribution in [2.75, 3.05) is 38.3 Å². The second-order valence-electron chi connectivity index (χ2n) is 6.73. The molecule has 3 rings (SSSR count). The number of carbonyl (C=O) groups is 2. The summed E-state index contributed by atoms with van der Waals surface area (Å²) in [5, 5.41) is 4.13. The maximum absolute atomic E-state index is 14.7. The van der Waals surface area contributed by atoms with E-state index < -0.39 is 24.0 Å². The normalized spacial score (nSPS) is 15.3. The Hall–Kier alpha value is -2.78. The summed E-state index contributed by atoms with van der Waals surface area (Å²) in [5.74, 6) is -0.417. The molecule has 1 aliphatic rings. The Morgan fingerprint density at radius 1 is 1.23 bits per heavy atom. The highest BCUT2D eigenvalue weighted by atomic mass is 32.2. The van der Waals surface area contributed by atoms with E-state index in [9.17, 15) is 14.0 Å². The zero-order valence-corrected chi connectivity index (χ0v) is 19.3. The summed E-state index contributed by atoms with van der Waals surface area (Å²) in [6.07, 6.45) is 0.898. The number of benzene rings is 2. The van der Waals surface area contributed by atoms with Crippen molar-refractivity contribution in [3.8, 4) is 11.1 Å². The third-order valence-electron chi connectivity index (χ3n) is 4.35. The minimum absolute atomic E-state index is 0.157. The summed E-state index contributed by atoms with van der Waals surface area (Å²) >= 11 is 1.62. The molecule has 1 atom stereocenters. The van der Waals surface area contributed by atoms with E-state index in [0.29, 0.717) is 11.3 Å². The van der Waals surface area contributed by atoms with Gasteiger partial charge in [0.2, 0.25) is 0 Å². The number of hydrogen-bond acceptors (Lipinski definition) is 5. The van der Waals surface area contributed by atoms with Crippen molar-refractivity contribution >= 4 is 29.6 Å². The van der Waals surface area contributed by atoms with Gasteiger partial charge in [0, 0.05) is 24.6 Å². The zero-order chi connectivity index (χ0) is 23.0. The lowest BCUT2D eigenvalue weighted by Crippen LogP contribution is -2.46. The Morgan fingerprint density at radius 2 is 1.90 bits per heavy atom. The average molecular weight is 449 g/mol. The number of rotatable bonds is 6. The number of halogens is 1. The minimum atomic E-state index is -0.568. The first kappa shape index (κ1) is 24.5. The van der Waals surface area contributed by atoms with E-state index in [1.165, 1.54) is 16.0 Å². The van der Waals surface area contributed by atoms with Crippen LogP contribution in [0, 0.1) is 5.82 Å². The Labute approximate surface area is 186 Å². The summed E-state index contributed by atoms with van der Waals surface area (Å²) < 4.78 is 20.0. The van der Waals surface area contributed by atoms with Gasteiger partial charge in [0.15, 0.2) is 0 Å². The van der Waals surface area contributed by atoms with Crippen LogP contribution in [0.25, 0.3) is 11.1 Å². The number of amides is 3. The second-order valence-corrected chi connectivity index (χ2v) is 7.60. The average Bonchev–Trinajstić information content (AvgIpc) is 3.14. The second kappa shape index (κ2) is 11.6. The highest BCUT2D eigenvalue weighted by Crippen LogP contribution is 2.30. The minimum Gasteiger partial charge on any atom is -0.442 e. The van der Waals surface area contributed by atoms with E-state index in [2.05, 4.69) is 10.7 Å². The molecule has 1 aliphatic heterocycles. The molecule has 1 unspecified atom stereocenters. The SMILES string of the molecule is CC.CSc1ccc(-c2ccc(N3CC(CNC(=O)NN(C)C)OC3=O)cc2F)cc1. The topological polar surface area (TPSA) is 73.9 Å². The maximum Gasteiger partial charge on any atom is 0.414 e. The molecule has 0 aliphatic carbocycles. The molecule has 0 radical (unpaired) electrons. The Balaban J connectivity index is 0.00000166. The van der Waals surface area contributed by atoms with Crippen LogP contribution < -0.4 is 15.6 Å². The molecule has 1 heterocycles. The summed E-state index contributed by atoms with van der Waals surface area (Å²) in [4.78, 5) is 26.3. The van der Waals surface area contributed by atoms with Crippen LogP contribution in [-0.4, -0.2) is 56.7 Å². The Kier molecular flexibility index (Phi) is 9.14. The van der Waals surface area contributed by atoms with Crippen LogP contribution in [0.1, 0.15) is 13.8 Å². The highest BCUT2D eigenvalue weighted by Gasteiger charge is 2.33. The number of nitrogens with zero attached hydrogens (tertiary/aromatic N) is 2. The van der Waals surface area contributed by atoms with Gasteiger partial charge in [-0.2, -0.15) is 0 Å². The molecular weight excluding hydrogens is 419 g/mol. The fraction of sp³-hybridized carbons (Fsp3) is 0.364. The van der Waals surface area contributed by atoms with E-state index in [0.717, 1.165) is 10.5 Å². The first-order valence-electron chi connectivity index (χ1n) is 10.0. The smallest absolute Gasteiger partial charge is 0.414 e. The van der Waals surface area contributed by atoms with Crippen LogP contribution >= 0.6 is 11.8 Å². The van der Waals surface area contributed by atoms with E-state index in [-0.39, 0.29) is 13.1 Å². The predicted molar refractivity (Wildman–Crippen MR) is 123 cm³/mol. The maximum atomic E-state index is 14.7. The van der Waals surface area contributed by atoms with Crippen molar-refractivity contribution in [2.24, 2.45) is 0 Å². The highest BCUT2D eigenvalue weighted by molar-refractivity contribution is 7.98. The number of urea groups is 1. The summed E-state index contributed by atoms with van der Waals surface area (Å²) in [6, 6.07) is 11.9. The number of carbonyl (C=O) groups excluding carboxylic acids is 2. The molecule has 7 nitrogen and oxygen atoms in total. The number of hydrogen-bond donors (Lipinski definition) is 2. The van der Waals surface area contributed by atoms with E-state index in [1.54, 1.807) is 38.0 Å². The molecule has 0 saturated carbocycles. The Bertz CT molecular complexity index is 893. The molecule has 3 amide bonds. The first-order valence-corrected chi connectivity index (χ1v) is 11.2. The predicted octanol–water partition coefficient (Wildman–Crippen LogP) is 4.34. The number of ether oxygens (including phenoxy) is 1. The van der Waals surface area contributed by atoms with Crippen LogP contribution in [0.5, 0.6) is 0 Å². The molecule has 9 heteroatoms. The lowest BCUT2D eigenvalue weighted by molar-refractivity contribution is 0.139. The van der Waals surface area contributed by atoms with Crippen LogP contribution in [-0.2, 0) is 4.74 Å². The van der Waals surface area contributed by atoms with Crippen molar-refractivity contribution in [3.63, 3.8) is 0 Å². The molecule has 2 N–H and O–H groups in total. The summed E-state index contributed by atoms with van der Waals surface area (Å²) in [7, 11) is 3.37. The fourth-order valence-electron chi connectivity index (χ4n) is 2.96. The standard InChI is InChI=1S/C20H23FN4O3S.C2H6/c1-24(2)23-19(26)22-11-15-12-25(20(27)28-15)14-6-9-17(18(21)10-14)13-4-7-16(29-3)8-5-13;1-2/h4-10,15H,11-12H2,1-3H3,(H2,22,23,26);1-2H3. The molecule has 2 aromatic carbocycles. The molecule has 0 spiro atoms. The van der Waals surface area contributed by atoms with Crippen LogP contribution in [0.4, 0.5) is 19.7 Å². The number of anilines is 1.